The second kappa shape index (κ2) is 6.86. The predicted molar refractivity (Wildman–Crippen MR) is 67.7 cm³/mol. The molecular formula is C13H19NO4. The van der Waals surface area contributed by atoms with Crippen LogP contribution in [0.1, 0.15) is 29.6 Å². The number of nitrogens with zero attached hydrogens (tertiary/aromatic N) is 1. The third-order valence-corrected chi connectivity index (χ3v) is 2.73. The highest BCUT2D eigenvalue weighted by Crippen LogP contribution is 2.27. The SMILES string of the molecule is CN(CCCCCO)C(=O)c1c(O)cccc1O. The van der Waals surface area contributed by atoms with Crippen molar-refractivity contribution in [2.45, 2.75) is 19.3 Å². The minimum absolute atomic E-state index is 0.0674. The molecule has 0 aromatic heterocycles. The second-order valence-corrected chi connectivity index (χ2v) is 4.18. The number of amides is 1. The summed E-state index contributed by atoms with van der Waals surface area (Å²) >= 11 is 0. The van der Waals surface area contributed by atoms with Crippen molar-refractivity contribution >= 4 is 5.91 Å². The zero-order chi connectivity index (χ0) is 13.5. The molecule has 0 aliphatic carbocycles. The summed E-state index contributed by atoms with van der Waals surface area (Å²) in [7, 11) is 1.62. The fourth-order valence-corrected chi connectivity index (χ4v) is 1.68. The minimum atomic E-state index is -0.408. The number of rotatable bonds is 6. The number of hydrogen-bond donors (Lipinski definition) is 3. The van der Waals surface area contributed by atoms with Crippen molar-refractivity contribution in [2.75, 3.05) is 20.2 Å². The Labute approximate surface area is 106 Å². The fraction of sp³-hybridized carbons (Fsp3) is 0.462. The Morgan fingerprint density at radius 3 is 2.33 bits per heavy atom. The molecule has 1 aromatic rings. The van der Waals surface area contributed by atoms with Gasteiger partial charge in [0.05, 0.1) is 0 Å². The summed E-state index contributed by atoms with van der Waals surface area (Å²) in [4.78, 5) is 13.5. The number of unbranched alkanes of at least 4 members (excludes halogenated alkanes) is 2. The van der Waals surface area contributed by atoms with E-state index in [2.05, 4.69) is 0 Å². The van der Waals surface area contributed by atoms with Gasteiger partial charge < -0.3 is 20.2 Å². The lowest BCUT2D eigenvalue weighted by Gasteiger charge is -2.18. The van der Waals surface area contributed by atoms with Crippen LogP contribution in [0.3, 0.4) is 0 Å². The molecule has 1 aromatic carbocycles. The highest BCUT2D eigenvalue weighted by atomic mass is 16.3. The molecule has 3 N–H and O–H groups in total. The van der Waals surface area contributed by atoms with Gasteiger partial charge in [-0.15, -0.1) is 0 Å². The van der Waals surface area contributed by atoms with Gasteiger partial charge in [-0.05, 0) is 31.4 Å². The van der Waals surface area contributed by atoms with Crippen molar-refractivity contribution in [3.63, 3.8) is 0 Å². The average molecular weight is 253 g/mol. The van der Waals surface area contributed by atoms with Crippen molar-refractivity contribution in [2.24, 2.45) is 0 Å². The lowest BCUT2D eigenvalue weighted by atomic mass is 10.1. The molecule has 0 atom stereocenters. The number of hydrogen-bond acceptors (Lipinski definition) is 4. The number of carbonyl (C=O) groups excluding carboxylic acids is 1. The Morgan fingerprint density at radius 1 is 1.17 bits per heavy atom. The zero-order valence-corrected chi connectivity index (χ0v) is 10.5. The van der Waals surface area contributed by atoms with Gasteiger partial charge in [-0.2, -0.15) is 0 Å². The van der Waals surface area contributed by atoms with Crippen molar-refractivity contribution < 1.29 is 20.1 Å². The van der Waals surface area contributed by atoms with Crippen LogP contribution in [0.4, 0.5) is 0 Å². The van der Waals surface area contributed by atoms with Gasteiger partial charge in [-0.25, -0.2) is 0 Å². The number of phenolic OH excluding ortho intramolecular Hbond substituents is 2. The van der Waals surface area contributed by atoms with Crippen LogP contribution in [0.2, 0.25) is 0 Å². The highest BCUT2D eigenvalue weighted by molar-refractivity contribution is 5.99. The summed E-state index contributed by atoms with van der Waals surface area (Å²) in [5.74, 6) is -0.848. The summed E-state index contributed by atoms with van der Waals surface area (Å²) in [6.07, 6.45) is 2.32. The Hall–Kier alpha value is -1.75. The van der Waals surface area contributed by atoms with E-state index in [-0.39, 0.29) is 23.7 Å². The largest absolute Gasteiger partial charge is 0.507 e. The van der Waals surface area contributed by atoms with Crippen molar-refractivity contribution in [1.29, 1.82) is 0 Å². The number of aromatic hydroxyl groups is 2. The van der Waals surface area contributed by atoms with E-state index in [0.29, 0.717) is 13.0 Å². The van der Waals surface area contributed by atoms with Gasteiger partial charge in [0.25, 0.3) is 5.91 Å². The Morgan fingerprint density at radius 2 is 1.78 bits per heavy atom. The molecule has 0 spiro atoms. The third kappa shape index (κ3) is 3.63. The number of aliphatic hydroxyl groups excluding tert-OH is 1. The first kappa shape index (κ1) is 14.3. The van der Waals surface area contributed by atoms with E-state index in [1.54, 1.807) is 7.05 Å². The molecule has 0 bridgehead atoms. The van der Waals surface area contributed by atoms with Crippen molar-refractivity contribution in [1.82, 2.24) is 4.90 Å². The van der Waals surface area contributed by atoms with E-state index in [9.17, 15) is 15.0 Å². The van der Waals surface area contributed by atoms with Crippen molar-refractivity contribution in [3.05, 3.63) is 23.8 Å². The molecule has 5 heteroatoms. The summed E-state index contributed by atoms with van der Waals surface area (Å²) in [6, 6.07) is 4.21. The van der Waals surface area contributed by atoms with Crippen LogP contribution >= 0.6 is 0 Å². The maximum atomic E-state index is 12.0. The van der Waals surface area contributed by atoms with Gasteiger partial charge in [0.2, 0.25) is 0 Å². The first-order chi connectivity index (χ1) is 8.57. The molecule has 100 valence electrons. The molecule has 0 saturated heterocycles. The molecule has 0 fully saturated rings. The molecule has 0 heterocycles. The van der Waals surface area contributed by atoms with E-state index in [1.807, 2.05) is 0 Å². The average Bonchev–Trinajstić information content (AvgIpc) is 2.34. The van der Waals surface area contributed by atoms with Gasteiger partial charge in [-0.3, -0.25) is 4.79 Å². The lowest BCUT2D eigenvalue weighted by molar-refractivity contribution is 0.0786. The van der Waals surface area contributed by atoms with Gasteiger partial charge in [0, 0.05) is 20.2 Å². The number of benzene rings is 1. The molecule has 18 heavy (non-hydrogen) atoms. The summed E-state index contributed by atoms with van der Waals surface area (Å²) in [5.41, 5.74) is -0.0674. The van der Waals surface area contributed by atoms with Crippen LogP contribution < -0.4 is 0 Å². The van der Waals surface area contributed by atoms with E-state index in [4.69, 9.17) is 5.11 Å². The van der Waals surface area contributed by atoms with Gasteiger partial charge in [-0.1, -0.05) is 6.07 Å². The van der Waals surface area contributed by atoms with Crippen LogP contribution in [-0.2, 0) is 0 Å². The fourth-order valence-electron chi connectivity index (χ4n) is 1.68. The maximum Gasteiger partial charge on any atom is 0.261 e. The first-order valence-corrected chi connectivity index (χ1v) is 5.95. The normalized spacial score (nSPS) is 10.3. The molecule has 0 unspecified atom stereocenters. The molecule has 0 saturated carbocycles. The summed E-state index contributed by atoms with van der Waals surface area (Å²) in [5, 5.41) is 27.8. The molecule has 5 nitrogen and oxygen atoms in total. The topological polar surface area (TPSA) is 81.0 Å². The quantitative estimate of drug-likeness (QED) is 0.668. The molecule has 1 amide bonds. The summed E-state index contributed by atoms with van der Waals surface area (Å²) in [6.45, 7) is 0.671. The van der Waals surface area contributed by atoms with Crippen LogP contribution in [0.25, 0.3) is 0 Å². The molecule has 1 rings (SSSR count). The third-order valence-electron chi connectivity index (χ3n) is 2.73. The molecule has 0 radical (unpaired) electrons. The maximum absolute atomic E-state index is 12.0. The number of aliphatic hydroxyl groups is 1. The predicted octanol–water partition coefficient (Wildman–Crippen LogP) is 1.33. The summed E-state index contributed by atoms with van der Waals surface area (Å²) < 4.78 is 0. The minimum Gasteiger partial charge on any atom is -0.507 e. The molecular weight excluding hydrogens is 234 g/mol. The Balaban J connectivity index is 2.63. The standard InChI is InChI=1S/C13H19NO4/c1-14(8-3-2-4-9-15)13(18)12-10(16)6-5-7-11(12)17/h5-7,15-17H,2-4,8-9H2,1H3. The van der Waals surface area contributed by atoms with E-state index in [1.165, 1.54) is 23.1 Å². The Bertz CT molecular complexity index is 386. The zero-order valence-electron chi connectivity index (χ0n) is 10.5. The Kier molecular flexibility index (Phi) is 5.45. The van der Waals surface area contributed by atoms with Crippen LogP contribution in [0.5, 0.6) is 11.5 Å². The van der Waals surface area contributed by atoms with Crippen LogP contribution in [0.15, 0.2) is 18.2 Å². The molecule has 0 aliphatic rings. The van der Waals surface area contributed by atoms with Crippen LogP contribution in [-0.4, -0.2) is 46.3 Å². The van der Waals surface area contributed by atoms with Gasteiger partial charge in [0.1, 0.15) is 17.1 Å². The lowest BCUT2D eigenvalue weighted by Crippen LogP contribution is -2.27. The van der Waals surface area contributed by atoms with E-state index in [0.717, 1.165) is 12.8 Å². The number of phenols is 2. The number of carbonyl (C=O) groups is 1. The van der Waals surface area contributed by atoms with Gasteiger partial charge >= 0.3 is 0 Å². The van der Waals surface area contributed by atoms with E-state index >= 15 is 0 Å². The smallest absolute Gasteiger partial charge is 0.261 e. The second-order valence-electron chi connectivity index (χ2n) is 4.18. The molecule has 0 aliphatic heterocycles. The van der Waals surface area contributed by atoms with Gasteiger partial charge in [0.15, 0.2) is 0 Å². The highest BCUT2D eigenvalue weighted by Gasteiger charge is 2.19. The van der Waals surface area contributed by atoms with E-state index < -0.39 is 5.91 Å². The monoisotopic (exact) mass is 253 g/mol. The first-order valence-electron chi connectivity index (χ1n) is 5.95. The van der Waals surface area contributed by atoms with Crippen LogP contribution in [0, 0.1) is 0 Å². The van der Waals surface area contributed by atoms with Crippen molar-refractivity contribution in [3.8, 4) is 11.5 Å².